The molecule has 0 unspecified atom stereocenters. The Morgan fingerprint density at radius 2 is 1.95 bits per heavy atom. The summed E-state index contributed by atoms with van der Waals surface area (Å²) in [5, 5.41) is 13.5. The average molecular weight is 332 g/mol. The number of piperidine rings is 1. The van der Waals surface area contributed by atoms with Gasteiger partial charge in [-0.3, -0.25) is 0 Å². The van der Waals surface area contributed by atoms with Gasteiger partial charge >= 0.3 is 5.97 Å². The first-order valence-corrected chi connectivity index (χ1v) is 7.69. The third kappa shape index (κ3) is 3.82. The van der Waals surface area contributed by atoms with Crippen molar-refractivity contribution in [2.45, 2.75) is 32.3 Å². The van der Waals surface area contributed by atoms with E-state index in [1.807, 2.05) is 13.8 Å². The third-order valence-electron chi connectivity index (χ3n) is 3.93. The second kappa shape index (κ2) is 6.42. The molecule has 21 heavy (non-hydrogen) atoms. The number of benzene rings is 1. The van der Waals surface area contributed by atoms with E-state index in [2.05, 4.69) is 5.32 Å². The van der Waals surface area contributed by atoms with Crippen molar-refractivity contribution in [2.75, 3.05) is 13.1 Å². The van der Waals surface area contributed by atoms with E-state index in [-0.39, 0.29) is 27.3 Å². The number of hydrogen-bond donors (Lipinski definition) is 2. The highest BCUT2D eigenvalue weighted by Gasteiger charge is 2.35. The highest BCUT2D eigenvalue weighted by atomic mass is 35.5. The van der Waals surface area contributed by atoms with Crippen molar-refractivity contribution in [1.29, 1.82) is 0 Å². The third-order valence-corrected chi connectivity index (χ3v) is 4.43. The van der Waals surface area contributed by atoms with Crippen LogP contribution >= 0.6 is 23.2 Å². The molecule has 1 heterocycles. The van der Waals surface area contributed by atoms with Gasteiger partial charge in [0, 0.05) is 10.9 Å². The van der Waals surface area contributed by atoms with Crippen LogP contribution in [0.15, 0.2) is 12.1 Å². The highest BCUT2D eigenvalue weighted by Crippen LogP contribution is 2.34. The molecule has 1 aromatic rings. The predicted molar refractivity (Wildman–Crippen MR) is 83.2 cm³/mol. The Morgan fingerprint density at radius 3 is 2.57 bits per heavy atom. The minimum absolute atomic E-state index is 0.00508. The number of hydrogen-bond acceptors (Lipinski definition) is 4. The van der Waals surface area contributed by atoms with Gasteiger partial charge < -0.3 is 15.2 Å². The van der Waals surface area contributed by atoms with Crippen molar-refractivity contribution in [1.82, 2.24) is 5.32 Å². The summed E-state index contributed by atoms with van der Waals surface area (Å²) in [7, 11) is 0. The zero-order chi connectivity index (χ0) is 15.6. The van der Waals surface area contributed by atoms with E-state index >= 15 is 0 Å². The summed E-state index contributed by atoms with van der Waals surface area (Å²) in [5.41, 5.74) is -0.616. The summed E-state index contributed by atoms with van der Waals surface area (Å²) < 4.78 is 5.61. The SMILES string of the molecule is CC(C)(OC(=O)c1cc(Cl)cc(Cl)c1O)C1CCNCC1. The van der Waals surface area contributed by atoms with Gasteiger partial charge in [-0.1, -0.05) is 23.2 Å². The lowest BCUT2D eigenvalue weighted by Gasteiger charge is -2.36. The first-order chi connectivity index (χ1) is 9.81. The second-order valence-corrected chi connectivity index (χ2v) is 6.64. The molecule has 0 radical (unpaired) electrons. The maximum atomic E-state index is 12.3. The van der Waals surface area contributed by atoms with Gasteiger partial charge in [-0.05, 0) is 51.9 Å². The van der Waals surface area contributed by atoms with Crippen molar-refractivity contribution in [3.63, 3.8) is 0 Å². The number of ether oxygens (including phenoxy) is 1. The molecule has 1 aliphatic rings. The summed E-state index contributed by atoms with van der Waals surface area (Å²) in [6.07, 6.45) is 1.89. The molecule has 1 saturated heterocycles. The number of carbonyl (C=O) groups excluding carboxylic acids is 1. The topological polar surface area (TPSA) is 58.6 Å². The minimum atomic E-state index is -0.611. The highest BCUT2D eigenvalue weighted by molar-refractivity contribution is 6.36. The smallest absolute Gasteiger partial charge is 0.342 e. The van der Waals surface area contributed by atoms with E-state index < -0.39 is 11.6 Å². The van der Waals surface area contributed by atoms with E-state index in [9.17, 15) is 9.90 Å². The Hall–Kier alpha value is -0.970. The molecule has 116 valence electrons. The number of esters is 1. The lowest BCUT2D eigenvalue weighted by molar-refractivity contribution is -0.0369. The Balaban J connectivity index is 2.17. The van der Waals surface area contributed by atoms with E-state index in [1.54, 1.807) is 0 Å². The minimum Gasteiger partial charge on any atom is -0.505 e. The second-order valence-electron chi connectivity index (χ2n) is 5.80. The van der Waals surface area contributed by atoms with Crippen LogP contribution in [0.3, 0.4) is 0 Å². The first-order valence-electron chi connectivity index (χ1n) is 6.93. The number of halogens is 2. The monoisotopic (exact) mass is 331 g/mol. The van der Waals surface area contributed by atoms with Crippen LogP contribution in [-0.2, 0) is 4.74 Å². The van der Waals surface area contributed by atoms with Crippen LogP contribution in [0, 0.1) is 5.92 Å². The molecule has 0 atom stereocenters. The van der Waals surface area contributed by atoms with Gasteiger partial charge in [-0.15, -0.1) is 0 Å². The van der Waals surface area contributed by atoms with Crippen LogP contribution < -0.4 is 5.32 Å². The fraction of sp³-hybridized carbons (Fsp3) is 0.533. The van der Waals surface area contributed by atoms with Gasteiger partial charge in [-0.2, -0.15) is 0 Å². The van der Waals surface area contributed by atoms with Gasteiger partial charge in [0.05, 0.1) is 5.02 Å². The first kappa shape index (κ1) is 16.4. The lowest BCUT2D eigenvalue weighted by Crippen LogP contribution is -2.42. The molecule has 4 nitrogen and oxygen atoms in total. The van der Waals surface area contributed by atoms with Gasteiger partial charge in [0.25, 0.3) is 0 Å². The van der Waals surface area contributed by atoms with Crippen LogP contribution in [0.2, 0.25) is 10.0 Å². The molecule has 0 bridgehead atoms. The van der Waals surface area contributed by atoms with Crippen molar-refractivity contribution in [3.8, 4) is 5.75 Å². The number of rotatable bonds is 3. The maximum absolute atomic E-state index is 12.3. The zero-order valence-corrected chi connectivity index (χ0v) is 13.6. The Kier molecular flexibility index (Phi) is 5.02. The fourth-order valence-corrected chi connectivity index (χ4v) is 3.11. The summed E-state index contributed by atoms with van der Waals surface area (Å²) >= 11 is 11.7. The average Bonchev–Trinajstić information content (AvgIpc) is 2.43. The van der Waals surface area contributed by atoms with Crippen molar-refractivity contribution >= 4 is 29.2 Å². The Morgan fingerprint density at radius 1 is 1.33 bits per heavy atom. The zero-order valence-electron chi connectivity index (χ0n) is 12.1. The van der Waals surface area contributed by atoms with Crippen LogP contribution in [0.25, 0.3) is 0 Å². The van der Waals surface area contributed by atoms with Crippen molar-refractivity contribution in [3.05, 3.63) is 27.7 Å². The number of phenolic OH excluding ortho intramolecular Hbond substituents is 1. The van der Waals surface area contributed by atoms with E-state index in [1.165, 1.54) is 12.1 Å². The largest absolute Gasteiger partial charge is 0.505 e. The Bertz CT molecular complexity index is 540. The quantitative estimate of drug-likeness (QED) is 0.830. The molecule has 2 N–H and O–H groups in total. The molecule has 1 aromatic carbocycles. The number of carbonyl (C=O) groups is 1. The van der Waals surface area contributed by atoms with E-state index in [4.69, 9.17) is 27.9 Å². The predicted octanol–water partition coefficient (Wildman–Crippen LogP) is 3.63. The molecule has 1 fully saturated rings. The van der Waals surface area contributed by atoms with Crippen LogP contribution in [-0.4, -0.2) is 29.8 Å². The van der Waals surface area contributed by atoms with E-state index in [0.29, 0.717) is 0 Å². The van der Waals surface area contributed by atoms with Gasteiger partial charge in [0.2, 0.25) is 0 Å². The standard InChI is InChI=1S/C15H19Cl2NO3/c1-15(2,9-3-5-18-6-4-9)21-14(20)11-7-10(16)8-12(17)13(11)19/h7-9,18-19H,3-6H2,1-2H3. The molecule has 0 aliphatic carbocycles. The van der Waals surface area contributed by atoms with E-state index in [0.717, 1.165) is 25.9 Å². The molecule has 6 heteroatoms. The summed E-state index contributed by atoms with van der Waals surface area (Å²) in [4.78, 5) is 12.3. The number of nitrogens with one attached hydrogen (secondary N) is 1. The molecule has 0 amide bonds. The van der Waals surface area contributed by atoms with Gasteiger partial charge in [0.1, 0.15) is 16.9 Å². The molecule has 0 spiro atoms. The lowest BCUT2D eigenvalue weighted by atomic mass is 9.83. The molecular formula is C15H19Cl2NO3. The van der Waals surface area contributed by atoms with Gasteiger partial charge in [0.15, 0.2) is 0 Å². The molecular weight excluding hydrogens is 313 g/mol. The van der Waals surface area contributed by atoms with Crippen LogP contribution in [0.4, 0.5) is 0 Å². The number of phenols is 1. The van der Waals surface area contributed by atoms with Crippen molar-refractivity contribution in [2.24, 2.45) is 5.92 Å². The Labute approximate surface area is 134 Å². The van der Waals surface area contributed by atoms with Crippen LogP contribution in [0.5, 0.6) is 5.75 Å². The summed E-state index contributed by atoms with van der Waals surface area (Å²) in [6, 6.07) is 2.75. The summed E-state index contributed by atoms with van der Waals surface area (Å²) in [5.74, 6) is -0.632. The van der Waals surface area contributed by atoms with Crippen LogP contribution in [0.1, 0.15) is 37.0 Å². The number of aromatic hydroxyl groups is 1. The molecule has 0 saturated carbocycles. The molecule has 2 rings (SSSR count). The molecule has 0 aromatic heterocycles. The normalized spacial score (nSPS) is 16.8. The summed E-state index contributed by atoms with van der Waals surface area (Å²) in [6.45, 7) is 5.62. The maximum Gasteiger partial charge on any atom is 0.342 e. The van der Waals surface area contributed by atoms with Gasteiger partial charge in [-0.25, -0.2) is 4.79 Å². The van der Waals surface area contributed by atoms with Crippen molar-refractivity contribution < 1.29 is 14.6 Å². The molecule has 1 aliphatic heterocycles. The fourth-order valence-electron chi connectivity index (χ4n) is 2.62.